The van der Waals surface area contributed by atoms with Crippen LogP contribution < -0.4 is 5.32 Å². The van der Waals surface area contributed by atoms with Crippen molar-refractivity contribution >= 4 is 5.94 Å². The standard InChI is InChI=1S/C15H18FNO/c1-10-8-17-11(2)15(9-18)14(10)7-12-3-5-13(16)6-4-12/h3-6,10-11,14,17H,7-8H2,1-2H3. The van der Waals surface area contributed by atoms with Crippen LogP contribution in [0.1, 0.15) is 19.4 Å². The molecule has 1 fully saturated rings. The summed E-state index contributed by atoms with van der Waals surface area (Å²) in [4.78, 5) is 11.1. The highest BCUT2D eigenvalue weighted by Crippen LogP contribution is 2.29. The molecular weight excluding hydrogens is 229 g/mol. The van der Waals surface area contributed by atoms with Gasteiger partial charge in [-0.05, 0) is 49.4 Å². The van der Waals surface area contributed by atoms with E-state index in [-0.39, 0.29) is 17.8 Å². The Morgan fingerprint density at radius 1 is 1.33 bits per heavy atom. The molecule has 0 aromatic heterocycles. The zero-order valence-corrected chi connectivity index (χ0v) is 10.7. The van der Waals surface area contributed by atoms with Crippen molar-refractivity contribution in [2.75, 3.05) is 6.54 Å². The third kappa shape index (κ3) is 2.69. The fourth-order valence-electron chi connectivity index (χ4n) is 2.59. The van der Waals surface area contributed by atoms with Gasteiger partial charge in [-0.1, -0.05) is 19.1 Å². The van der Waals surface area contributed by atoms with E-state index in [1.54, 1.807) is 12.1 Å². The molecule has 96 valence electrons. The summed E-state index contributed by atoms with van der Waals surface area (Å²) in [5.41, 5.74) is 1.87. The molecule has 18 heavy (non-hydrogen) atoms. The molecule has 1 aliphatic heterocycles. The van der Waals surface area contributed by atoms with Crippen molar-refractivity contribution in [1.29, 1.82) is 0 Å². The van der Waals surface area contributed by atoms with E-state index in [1.807, 2.05) is 6.92 Å². The fourth-order valence-corrected chi connectivity index (χ4v) is 2.59. The number of benzene rings is 1. The van der Waals surface area contributed by atoms with E-state index < -0.39 is 0 Å². The maximum Gasteiger partial charge on any atom is 0.125 e. The highest BCUT2D eigenvalue weighted by molar-refractivity contribution is 5.56. The van der Waals surface area contributed by atoms with E-state index in [2.05, 4.69) is 18.2 Å². The van der Waals surface area contributed by atoms with Crippen LogP contribution in [0.15, 0.2) is 29.8 Å². The van der Waals surface area contributed by atoms with Crippen molar-refractivity contribution in [2.45, 2.75) is 26.3 Å². The zero-order chi connectivity index (χ0) is 13.1. The van der Waals surface area contributed by atoms with E-state index in [0.717, 1.165) is 24.1 Å². The molecular formula is C15H18FNO. The van der Waals surface area contributed by atoms with Crippen molar-refractivity contribution in [2.24, 2.45) is 11.8 Å². The molecule has 0 amide bonds. The Morgan fingerprint density at radius 2 is 2.00 bits per heavy atom. The van der Waals surface area contributed by atoms with Crippen molar-refractivity contribution in [3.05, 3.63) is 41.2 Å². The molecule has 0 aliphatic carbocycles. The maximum atomic E-state index is 12.9. The Kier molecular flexibility index (Phi) is 3.95. The second-order valence-electron chi connectivity index (χ2n) is 5.10. The van der Waals surface area contributed by atoms with Crippen molar-refractivity contribution in [1.82, 2.24) is 5.32 Å². The average molecular weight is 247 g/mol. The van der Waals surface area contributed by atoms with Crippen LogP contribution in [0, 0.1) is 17.7 Å². The van der Waals surface area contributed by atoms with Crippen molar-refractivity contribution in [3.8, 4) is 0 Å². The van der Waals surface area contributed by atoms with Gasteiger partial charge in [-0.3, -0.25) is 0 Å². The lowest BCUT2D eigenvalue weighted by atomic mass is 9.77. The molecule has 3 heteroatoms. The van der Waals surface area contributed by atoms with Gasteiger partial charge >= 0.3 is 0 Å². The van der Waals surface area contributed by atoms with Crippen LogP contribution in [0.25, 0.3) is 0 Å². The molecule has 1 aromatic rings. The number of carbonyl (C=O) groups excluding carboxylic acids is 1. The SMILES string of the molecule is CC1NCC(C)C(Cc2ccc(F)cc2)C1=C=O. The maximum absolute atomic E-state index is 12.9. The summed E-state index contributed by atoms with van der Waals surface area (Å²) in [5.74, 6) is 2.46. The summed E-state index contributed by atoms with van der Waals surface area (Å²) in [7, 11) is 0. The lowest BCUT2D eigenvalue weighted by Gasteiger charge is -2.34. The van der Waals surface area contributed by atoms with Crippen molar-refractivity contribution in [3.63, 3.8) is 0 Å². The largest absolute Gasteiger partial charge is 0.310 e. The van der Waals surface area contributed by atoms with Crippen LogP contribution in [0.4, 0.5) is 4.39 Å². The predicted octanol–water partition coefficient (Wildman–Crippen LogP) is 2.37. The Hall–Kier alpha value is -1.44. The van der Waals surface area contributed by atoms with Gasteiger partial charge in [0.15, 0.2) is 0 Å². The zero-order valence-electron chi connectivity index (χ0n) is 10.7. The first-order chi connectivity index (χ1) is 8.61. The summed E-state index contributed by atoms with van der Waals surface area (Å²) in [5, 5.41) is 3.30. The molecule has 0 saturated carbocycles. The molecule has 2 rings (SSSR count). The smallest absolute Gasteiger partial charge is 0.125 e. The highest BCUT2D eigenvalue weighted by Gasteiger charge is 2.31. The van der Waals surface area contributed by atoms with Crippen molar-refractivity contribution < 1.29 is 9.18 Å². The molecule has 0 radical (unpaired) electrons. The second-order valence-corrected chi connectivity index (χ2v) is 5.10. The third-order valence-electron chi connectivity index (χ3n) is 3.79. The number of halogens is 1. The number of hydrogen-bond acceptors (Lipinski definition) is 2. The Morgan fingerprint density at radius 3 is 2.61 bits per heavy atom. The second kappa shape index (κ2) is 5.47. The minimum Gasteiger partial charge on any atom is -0.310 e. The van der Waals surface area contributed by atoms with E-state index in [1.165, 1.54) is 12.1 Å². The summed E-state index contributed by atoms with van der Waals surface area (Å²) < 4.78 is 12.9. The topological polar surface area (TPSA) is 29.1 Å². The van der Waals surface area contributed by atoms with Gasteiger partial charge in [-0.25, -0.2) is 9.18 Å². The first-order valence-corrected chi connectivity index (χ1v) is 6.34. The van der Waals surface area contributed by atoms with E-state index in [0.29, 0.717) is 5.92 Å². The highest BCUT2D eigenvalue weighted by atomic mass is 19.1. The van der Waals surface area contributed by atoms with Gasteiger partial charge < -0.3 is 5.32 Å². The summed E-state index contributed by atoms with van der Waals surface area (Å²) in [6.07, 6.45) is 0.776. The summed E-state index contributed by atoms with van der Waals surface area (Å²) in [6.45, 7) is 5.02. The van der Waals surface area contributed by atoms with Gasteiger partial charge in [0, 0.05) is 11.6 Å². The fraction of sp³-hybridized carbons (Fsp3) is 0.467. The monoisotopic (exact) mass is 247 g/mol. The van der Waals surface area contributed by atoms with Crippen LogP contribution in [0.2, 0.25) is 0 Å². The number of hydrogen-bond donors (Lipinski definition) is 1. The third-order valence-corrected chi connectivity index (χ3v) is 3.79. The molecule has 1 saturated heterocycles. The molecule has 0 bridgehead atoms. The quantitative estimate of drug-likeness (QED) is 0.813. The van der Waals surface area contributed by atoms with E-state index >= 15 is 0 Å². The minimum atomic E-state index is -0.225. The van der Waals surface area contributed by atoms with Gasteiger partial charge in [-0.2, -0.15) is 0 Å². The van der Waals surface area contributed by atoms with Gasteiger partial charge in [-0.15, -0.1) is 0 Å². The number of rotatable bonds is 2. The molecule has 2 nitrogen and oxygen atoms in total. The van der Waals surface area contributed by atoms with Crippen LogP contribution in [0.3, 0.4) is 0 Å². The van der Waals surface area contributed by atoms with Gasteiger partial charge in [0.05, 0.1) is 0 Å². The molecule has 1 N–H and O–H groups in total. The van der Waals surface area contributed by atoms with Crippen LogP contribution in [-0.2, 0) is 11.2 Å². The Labute approximate surface area is 107 Å². The molecule has 1 heterocycles. The first-order valence-electron chi connectivity index (χ1n) is 6.34. The predicted molar refractivity (Wildman–Crippen MR) is 69.4 cm³/mol. The lowest BCUT2D eigenvalue weighted by molar-refractivity contribution is 0.310. The van der Waals surface area contributed by atoms with Crippen LogP contribution >= 0.6 is 0 Å². The van der Waals surface area contributed by atoms with Crippen LogP contribution in [-0.4, -0.2) is 18.5 Å². The number of nitrogens with one attached hydrogen (secondary N) is 1. The van der Waals surface area contributed by atoms with Gasteiger partial charge in [0.2, 0.25) is 0 Å². The molecule has 3 unspecified atom stereocenters. The Bertz CT molecular complexity index is 462. The molecule has 1 aliphatic rings. The first kappa shape index (κ1) is 13.0. The van der Waals surface area contributed by atoms with Gasteiger partial charge in [0.25, 0.3) is 0 Å². The van der Waals surface area contributed by atoms with E-state index in [4.69, 9.17) is 0 Å². The normalized spacial score (nSPS) is 27.9. The Balaban J connectivity index is 2.19. The van der Waals surface area contributed by atoms with E-state index in [9.17, 15) is 9.18 Å². The molecule has 0 spiro atoms. The summed E-state index contributed by atoms with van der Waals surface area (Å²) >= 11 is 0. The summed E-state index contributed by atoms with van der Waals surface area (Å²) in [6, 6.07) is 6.60. The molecule has 1 aromatic carbocycles. The number of piperidine rings is 1. The van der Waals surface area contributed by atoms with Gasteiger partial charge in [0.1, 0.15) is 11.8 Å². The van der Waals surface area contributed by atoms with Crippen LogP contribution in [0.5, 0.6) is 0 Å². The average Bonchev–Trinajstić information content (AvgIpc) is 2.37. The minimum absolute atomic E-state index is 0.0872. The lowest BCUT2D eigenvalue weighted by Crippen LogP contribution is -2.44. The molecule has 3 atom stereocenters.